The van der Waals surface area contributed by atoms with E-state index in [2.05, 4.69) is 0 Å². The molecule has 128 valence electrons. The van der Waals surface area contributed by atoms with Crippen LogP contribution in [0.15, 0.2) is 18.2 Å². The van der Waals surface area contributed by atoms with Gasteiger partial charge in [0.05, 0.1) is 24.3 Å². The second-order valence-electron chi connectivity index (χ2n) is 8.27. The van der Waals surface area contributed by atoms with Gasteiger partial charge in [-0.3, -0.25) is 0 Å². The van der Waals surface area contributed by atoms with Crippen molar-refractivity contribution in [1.82, 2.24) is 0 Å². The number of carbonyl (C=O) groups excluding carboxylic acids is 2. The van der Waals surface area contributed by atoms with Crippen LogP contribution >= 0.6 is 0 Å². The Labute approximate surface area is 139 Å². The van der Waals surface area contributed by atoms with E-state index in [1.807, 2.05) is 41.5 Å². The van der Waals surface area contributed by atoms with Crippen LogP contribution in [-0.4, -0.2) is 25.2 Å². The molecular weight excluding hydrogens is 292 g/mol. The third kappa shape index (κ3) is 6.43. The molecule has 0 N–H and O–H groups in total. The summed E-state index contributed by atoms with van der Waals surface area (Å²) in [6, 6.07) is 5.13. The maximum atomic E-state index is 12.4. The van der Waals surface area contributed by atoms with Gasteiger partial charge in [0.15, 0.2) is 0 Å². The Morgan fingerprint density at radius 2 is 1.35 bits per heavy atom. The molecule has 0 unspecified atom stereocenters. The van der Waals surface area contributed by atoms with E-state index < -0.39 is 11.9 Å². The van der Waals surface area contributed by atoms with Gasteiger partial charge in [-0.1, -0.05) is 53.7 Å². The minimum atomic E-state index is -0.494. The van der Waals surface area contributed by atoms with E-state index in [0.29, 0.717) is 5.56 Å². The van der Waals surface area contributed by atoms with Gasteiger partial charge >= 0.3 is 11.9 Å². The zero-order valence-corrected chi connectivity index (χ0v) is 15.3. The van der Waals surface area contributed by atoms with Crippen LogP contribution < -0.4 is 0 Å². The zero-order valence-electron chi connectivity index (χ0n) is 15.3. The molecule has 0 bridgehead atoms. The van der Waals surface area contributed by atoms with E-state index in [9.17, 15) is 9.59 Å². The maximum absolute atomic E-state index is 12.4. The Kier molecular flexibility index (Phi) is 5.98. The van der Waals surface area contributed by atoms with Crippen LogP contribution in [0, 0.1) is 17.8 Å². The lowest BCUT2D eigenvalue weighted by atomic mass is 9.98. The first-order valence-corrected chi connectivity index (χ1v) is 7.84. The lowest BCUT2D eigenvalue weighted by Gasteiger charge is -2.20. The molecule has 1 rings (SSSR count). The van der Waals surface area contributed by atoms with Gasteiger partial charge in [0, 0.05) is 0 Å². The van der Waals surface area contributed by atoms with Gasteiger partial charge in [-0.05, 0) is 29.4 Å². The molecule has 4 nitrogen and oxygen atoms in total. The number of carbonyl (C=O) groups is 2. The molecule has 0 amide bonds. The smallest absolute Gasteiger partial charge is 0.339 e. The fourth-order valence-corrected chi connectivity index (χ4v) is 1.82. The van der Waals surface area contributed by atoms with Crippen molar-refractivity contribution in [3.8, 4) is 0 Å². The van der Waals surface area contributed by atoms with Crippen molar-refractivity contribution in [2.45, 2.75) is 48.5 Å². The summed E-state index contributed by atoms with van der Waals surface area (Å²) in [5.74, 6) is -0.980. The standard InChI is InChI=1S/C19H28O4/c1-13-9-8-10-14(16(20)22-11-18(2,3)4)15(13)17(21)23-12-19(5,6)7/h8-10H,11-12H2,1-7H3. The number of benzene rings is 1. The average Bonchev–Trinajstić information content (AvgIpc) is 2.40. The zero-order chi connectivity index (χ0) is 17.8. The van der Waals surface area contributed by atoms with Crippen molar-refractivity contribution in [3.63, 3.8) is 0 Å². The molecular formula is C19H28O4. The fourth-order valence-electron chi connectivity index (χ4n) is 1.82. The highest BCUT2D eigenvalue weighted by atomic mass is 16.5. The Balaban J connectivity index is 2.99. The van der Waals surface area contributed by atoms with E-state index in [1.54, 1.807) is 25.1 Å². The van der Waals surface area contributed by atoms with Crippen molar-refractivity contribution in [2.24, 2.45) is 10.8 Å². The minimum Gasteiger partial charge on any atom is -0.462 e. The van der Waals surface area contributed by atoms with Crippen molar-refractivity contribution >= 4 is 11.9 Å². The molecule has 0 radical (unpaired) electrons. The van der Waals surface area contributed by atoms with Crippen LogP contribution in [0.1, 0.15) is 67.8 Å². The Morgan fingerprint density at radius 1 is 0.870 bits per heavy atom. The normalized spacial score (nSPS) is 12.0. The molecule has 0 fully saturated rings. The highest BCUT2D eigenvalue weighted by molar-refractivity contribution is 6.04. The fraction of sp³-hybridized carbons (Fsp3) is 0.579. The highest BCUT2D eigenvalue weighted by Crippen LogP contribution is 2.21. The molecule has 0 aliphatic carbocycles. The maximum Gasteiger partial charge on any atom is 0.339 e. The first kappa shape index (κ1) is 19.2. The number of aryl methyl sites for hydroxylation is 1. The first-order chi connectivity index (χ1) is 10.4. The van der Waals surface area contributed by atoms with Gasteiger partial charge in [0.1, 0.15) is 0 Å². The van der Waals surface area contributed by atoms with Crippen molar-refractivity contribution in [3.05, 3.63) is 34.9 Å². The Hall–Kier alpha value is -1.84. The molecule has 0 aliphatic heterocycles. The first-order valence-electron chi connectivity index (χ1n) is 7.84. The summed E-state index contributed by atoms with van der Waals surface area (Å²) >= 11 is 0. The summed E-state index contributed by atoms with van der Waals surface area (Å²) < 4.78 is 10.7. The van der Waals surface area contributed by atoms with Crippen molar-refractivity contribution in [2.75, 3.05) is 13.2 Å². The SMILES string of the molecule is Cc1cccc(C(=O)OCC(C)(C)C)c1C(=O)OCC(C)(C)C. The van der Waals surface area contributed by atoms with Crippen LogP contribution in [0.3, 0.4) is 0 Å². The van der Waals surface area contributed by atoms with Gasteiger partial charge in [0.2, 0.25) is 0 Å². The van der Waals surface area contributed by atoms with Gasteiger partial charge in [-0.2, -0.15) is 0 Å². The molecule has 4 heteroatoms. The van der Waals surface area contributed by atoms with Gasteiger partial charge in [-0.15, -0.1) is 0 Å². The molecule has 1 aromatic carbocycles. The number of ether oxygens (including phenoxy) is 2. The summed E-state index contributed by atoms with van der Waals surface area (Å²) in [7, 11) is 0. The molecule has 0 heterocycles. The van der Waals surface area contributed by atoms with Crippen molar-refractivity contribution in [1.29, 1.82) is 0 Å². The number of hydrogen-bond donors (Lipinski definition) is 0. The molecule has 0 atom stereocenters. The predicted octanol–water partition coefficient (Wildman–Crippen LogP) is 4.40. The third-order valence-corrected chi connectivity index (χ3v) is 2.97. The number of rotatable bonds is 4. The van der Waals surface area contributed by atoms with Crippen LogP contribution in [0.25, 0.3) is 0 Å². The Bertz CT molecular complexity index is 574. The largest absolute Gasteiger partial charge is 0.462 e. The Morgan fingerprint density at radius 3 is 1.83 bits per heavy atom. The van der Waals surface area contributed by atoms with Crippen molar-refractivity contribution < 1.29 is 19.1 Å². The van der Waals surface area contributed by atoms with Crippen LogP contribution in [-0.2, 0) is 9.47 Å². The summed E-state index contributed by atoms with van der Waals surface area (Å²) in [5.41, 5.74) is 0.982. The molecule has 1 aromatic rings. The summed E-state index contributed by atoms with van der Waals surface area (Å²) in [5, 5.41) is 0. The number of hydrogen-bond acceptors (Lipinski definition) is 4. The molecule has 23 heavy (non-hydrogen) atoms. The second-order valence-corrected chi connectivity index (χ2v) is 8.27. The van der Waals surface area contributed by atoms with Crippen LogP contribution in [0.4, 0.5) is 0 Å². The monoisotopic (exact) mass is 320 g/mol. The van der Waals surface area contributed by atoms with Gasteiger partial charge in [0.25, 0.3) is 0 Å². The number of esters is 2. The van der Waals surface area contributed by atoms with E-state index in [-0.39, 0.29) is 35.2 Å². The van der Waals surface area contributed by atoms with E-state index in [1.165, 1.54) is 0 Å². The van der Waals surface area contributed by atoms with Gasteiger partial charge in [-0.25, -0.2) is 9.59 Å². The van der Waals surface area contributed by atoms with Crippen LogP contribution in [0.5, 0.6) is 0 Å². The molecule has 0 aromatic heterocycles. The highest BCUT2D eigenvalue weighted by Gasteiger charge is 2.24. The molecule has 0 spiro atoms. The quantitative estimate of drug-likeness (QED) is 0.772. The lowest BCUT2D eigenvalue weighted by molar-refractivity contribution is 0.0322. The van der Waals surface area contributed by atoms with E-state index in [4.69, 9.17) is 9.47 Å². The topological polar surface area (TPSA) is 52.6 Å². The molecule has 0 aliphatic rings. The lowest BCUT2D eigenvalue weighted by Crippen LogP contribution is -2.23. The third-order valence-electron chi connectivity index (χ3n) is 2.97. The van der Waals surface area contributed by atoms with E-state index >= 15 is 0 Å². The molecule has 0 saturated carbocycles. The molecule has 0 saturated heterocycles. The van der Waals surface area contributed by atoms with Gasteiger partial charge < -0.3 is 9.47 Å². The average molecular weight is 320 g/mol. The summed E-state index contributed by atoms with van der Waals surface area (Å²) in [6.45, 7) is 14.3. The second kappa shape index (κ2) is 7.16. The minimum absolute atomic E-state index is 0.133. The summed E-state index contributed by atoms with van der Waals surface area (Å²) in [6.07, 6.45) is 0. The predicted molar refractivity (Wildman–Crippen MR) is 90.7 cm³/mol. The summed E-state index contributed by atoms with van der Waals surface area (Å²) in [4.78, 5) is 24.7. The van der Waals surface area contributed by atoms with Crippen LogP contribution in [0.2, 0.25) is 0 Å². The van der Waals surface area contributed by atoms with E-state index in [0.717, 1.165) is 0 Å².